The normalized spacial score (nSPS) is 36.8. The number of carbonyl (C=O) groups excluding carboxylic acids is 2. The number of halogens is 1. The largest absolute Gasteiger partial charge is 0.462 e. The van der Waals surface area contributed by atoms with Crippen molar-refractivity contribution in [3.05, 3.63) is 47.3 Å². The zero-order valence-electron chi connectivity index (χ0n) is 24.0. The van der Waals surface area contributed by atoms with E-state index >= 15 is 0 Å². The Morgan fingerprint density at radius 3 is 2.61 bits per heavy atom. The van der Waals surface area contributed by atoms with E-state index in [0.717, 1.165) is 43.4 Å². The molecule has 1 amide bonds. The van der Waals surface area contributed by atoms with Gasteiger partial charge in [-0.1, -0.05) is 44.6 Å². The molecule has 0 spiro atoms. The van der Waals surface area contributed by atoms with Gasteiger partial charge < -0.3 is 9.64 Å². The summed E-state index contributed by atoms with van der Waals surface area (Å²) in [5.41, 5.74) is 2.31. The summed E-state index contributed by atoms with van der Waals surface area (Å²) >= 11 is 0. The van der Waals surface area contributed by atoms with Crippen LogP contribution in [0.25, 0.3) is 0 Å². The van der Waals surface area contributed by atoms with Crippen molar-refractivity contribution < 1.29 is 18.7 Å². The Hall–Kier alpha value is -2.17. The van der Waals surface area contributed by atoms with Gasteiger partial charge in [0, 0.05) is 26.9 Å². The number of nitrogens with zero attached hydrogens (tertiary/aromatic N) is 1. The minimum absolute atomic E-state index is 0.0531. The number of benzene rings is 1. The van der Waals surface area contributed by atoms with Gasteiger partial charge in [-0.15, -0.1) is 0 Å². The zero-order valence-corrected chi connectivity index (χ0v) is 24.0. The minimum atomic E-state index is -0.446. The first-order valence-corrected chi connectivity index (χ1v) is 14.9. The highest BCUT2D eigenvalue weighted by Crippen LogP contribution is 2.67. The zero-order chi connectivity index (χ0) is 27.2. The number of fused-ring (bicyclic) bond motifs is 5. The molecule has 3 saturated carbocycles. The van der Waals surface area contributed by atoms with Gasteiger partial charge in [-0.25, -0.2) is 4.39 Å². The van der Waals surface area contributed by atoms with E-state index in [9.17, 15) is 14.0 Å². The second kappa shape index (κ2) is 10.4. The highest BCUT2D eigenvalue weighted by molar-refractivity contribution is 5.94. The molecule has 0 N–H and O–H groups in total. The molecule has 4 nitrogen and oxygen atoms in total. The van der Waals surface area contributed by atoms with Crippen molar-refractivity contribution in [3.8, 4) is 0 Å². The summed E-state index contributed by atoms with van der Waals surface area (Å²) in [6, 6.07) is 6.27. The quantitative estimate of drug-likeness (QED) is 0.288. The Morgan fingerprint density at radius 2 is 1.87 bits per heavy atom. The average molecular weight is 524 g/mol. The Labute approximate surface area is 228 Å². The monoisotopic (exact) mass is 523 g/mol. The fourth-order valence-electron chi connectivity index (χ4n) is 9.48. The summed E-state index contributed by atoms with van der Waals surface area (Å²) in [6.45, 7) is 9.63. The van der Waals surface area contributed by atoms with Gasteiger partial charge >= 0.3 is 5.97 Å². The highest BCUT2D eigenvalue weighted by Gasteiger charge is 2.59. The Bertz CT molecular complexity index is 1100. The Balaban J connectivity index is 1.24. The van der Waals surface area contributed by atoms with Crippen LogP contribution in [-0.4, -0.2) is 36.5 Å². The molecule has 0 aromatic heterocycles. The lowest BCUT2D eigenvalue weighted by Gasteiger charge is -2.58. The third-order valence-electron chi connectivity index (χ3n) is 11.5. The molecule has 0 heterocycles. The Kier molecular flexibility index (Phi) is 7.52. The first-order chi connectivity index (χ1) is 18.0. The number of carbonyl (C=O) groups is 2. The van der Waals surface area contributed by atoms with Crippen LogP contribution >= 0.6 is 0 Å². The lowest BCUT2D eigenvalue weighted by Crippen LogP contribution is -2.51. The van der Waals surface area contributed by atoms with Gasteiger partial charge in [-0.2, -0.15) is 0 Å². The Morgan fingerprint density at radius 1 is 1.11 bits per heavy atom. The third kappa shape index (κ3) is 4.73. The fraction of sp³-hybridized carbons (Fsp3) is 0.697. The van der Waals surface area contributed by atoms with Crippen LogP contribution in [0.3, 0.4) is 0 Å². The average Bonchev–Trinajstić information content (AvgIpc) is 3.24. The molecule has 0 radical (unpaired) electrons. The van der Waals surface area contributed by atoms with E-state index in [1.165, 1.54) is 45.1 Å². The summed E-state index contributed by atoms with van der Waals surface area (Å²) in [6.07, 6.45) is 12.9. The second-order valence-corrected chi connectivity index (χ2v) is 13.4. The van der Waals surface area contributed by atoms with Gasteiger partial charge in [0.1, 0.15) is 11.9 Å². The number of hydrogen-bond donors (Lipinski definition) is 0. The van der Waals surface area contributed by atoms with Gasteiger partial charge in [0.05, 0.1) is 5.56 Å². The van der Waals surface area contributed by atoms with Gasteiger partial charge in [0.25, 0.3) is 5.91 Å². The summed E-state index contributed by atoms with van der Waals surface area (Å²) in [5.74, 6) is 2.60. The van der Waals surface area contributed by atoms with Crippen LogP contribution in [-0.2, 0) is 9.53 Å². The molecule has 4 aliphatic rings. The first kappa shape index (κ1) is 27.4. The smallest absolute Gasteiger partial charge is 0.302 e. The van der Waals surface area contributed by atoms with Crippen LogP contribution in [0.5, 0.6) is 0 Å². The second-order valence-electron chi connectivity index (χ2n) is 13.4. The summed E-state index contributed by atoms with van der Waals surface area (Å²) in [5, 5.41) is 0. The van der Waals surface area contributed by atoms with Crippen LogP contribution in [0.4, 0.5) is 4.39 Å². The lowest BCUT2D eigenvalue weighted by atomic mass is 9.47. The summed E-state index contributed by atoms with van der Waals surface area (Å²) in [7, 11) is 1.80. The molecular formula is C33H46FNO3. The maximum absolute atomic E-state index is 14.1. The van der Waals surface area contributed by atoms with Gasteiger partial charge in [0.15, 0.2) is 0 Å². The standard InChI is InChI=1S/C33H46FNO3/c1-21(16-19-35(5)31(37)26-8-6-7-9-30(26)34)27-12-13-28-25-11-10-23-20-24(38-22(2)36)14-17-32(23,3)29(25)15-18-33(27,28)4/h6-10,21,24-25,27-29H,11-20H2,1-5H3/t21-,24+,25+,27-,28+,29+,32+,33-/m1/s1. The molecule has 5 rings (SSSR count). The first-order valence-electron chi connectivity index (χ1n) is 14.9. The number of allylic oxidation sites excluding steroid dienone is 1. The van der Waals surface area contributed by atoms with Crippen LogP contribution in [0.15, 0.2) is 35.9 Å². The number of rotatable bonds is 6. The number of hydrogen-bond acceptors (Lipinski definition) is 3. The molecule has 1 aromatic rings. The van der Waals surface area contributed by atoms with Crippen LogP contribution < -0.4 is 0 Å². The van der Waals surface area contributed by atoms with Crippen molar-refractivity contribution in [2.75, 3.05) is 13.6 Å². The molecule has 0 saturated heterocycles. The summed E-state index contributed by atoms with van der Waals surface area (Å²) in [4.78, 5) is 26.1. The molecular weight excluding hydrogens is 477 g/mol. The van der Waals surface area contributed by atoms with E-state index in [2.05, 4.69) is 26.8 Å². The molecule has 8 atom stereocenters. The van der Waals surface area contributed by atoms with Gasteiger partial charge in [0.2, 0.25) is 0 Å². The van der Waals surface area contributed by atoms with E-state index in [1.54, 1.807) is 35.7 Å². The molecule has 0 unspecified atom stereocenters. The topological polar surface area (TPSA) is 46.6 Å². The third-order valence-corrected chi connectivity index (χ3v) is 11.5. The van der Waals surface area contributed by atoms with Gasteiger partial charge in [-0.05, 0) is 104 Å². The van der Waals surface area contributed by atoms with E-state index < -0.39 is 5.82 Å². The van der Waals surface area contributed by atoms with Crippen molar-refractivity contribution >= 4 is 11.9 Å². The van der Waals surface area contributed by atoms with E-state index in [-0.39, 0.29) is 29.0 Å². The molecule has 38 heavy (non-hydrogen) atoms. The molecule has 0 aliphatic heterocycles. The molecule has 0 bridgehead atoms. The predicted molar refractivity (Wildman–Crippen MR) is 148 cm³/mol. The molecule has 208 valence electrons. The number of amides is 1. The van der Waals surface area contributed by atoms with Crippen molar-refractivity contribution in [2.24, 2.45) is 40.4 Å². The van der Waals surface area contributed by atoms with Crippen LogP contribution in [0.2, 0.25) is 0 Å². The molecule has 3 fully saturated rings. The summed E-state index contributed by atoms with van der Waals surface area (Å²) < 4.78 is 19.8. The van der Waals surface area contributed by atoms with Crippen molar-refractivity contribution in [1.82, 2.24) is 4.90 Å². The maximum Gasteiger partial charge on any atom is 0.302 e. The van der Waals surface area contributed by atoms with Crippen molar-refractivity contribution in [3.63, 3.8) is 0 Å². The lowest BCUT2D eigenvalue weighted by molar-refractivity contribution is -0.148. The van der Waals surface area contributed by atoms with Crippen molar-refractivity contribution in [2.45, 2.75) is 91.6 Å². The predicted octanol–water partition coefficient (Wildman–Crippen LogP) is 7.43. The highest BCUT2D eigenvalue weighted by atomic mass is 19.1. The van der Waals surface area contributed by atoms with E-state index in [0.29, 0.717) is 23.8 Å². The fourth-order valence-corrected chi connectivity index (χ4v) is 9.48. The van der Waals surface area contributed by atoms with E-state index in [4.69, 9.17) is 4.74 Å². The van der Waals surface area contributed by atoms with E-state index in [1.807, 2.05) is 0 Å². The molecule has 5 heteroatoms. The maximum atomic E-state index is 14.1. The van der Waals surface area contributed by atoms with Crippen molar-refractivity contribution in [1.29, 1.82) is 0 Å². The van der Waals surface area contributed by atoms with Crippen LogP contribution in [0, 0.1) is 46.2 Å². The SMILES string of the molecule is CC(=O)O[C@H]1CC[C@@]2(C)C(=CC[C@H]3[C@@H]4CC[C@H]([C@H](C)CCN(C)C(=O)c5ccccc5F)[C@@]4(C)CC[C@@H]32)C1. The minimum Gasteiger partial charge on any atom is -0.462 e. The van der Waals surface area contributed by atoms with Crippen LogP contribution in [0.1, 0.15) is 95.8 Å². The van der Waals surface area contributed by atoms with Gasteiger partial charge in [-0.3, -0.25) is 9.59 Å². The molecule has 1 aromatic carbocycles. The molecule has 4 aliphatic carbocycles. The number of esters is 1. The number of ether oxygens (including phenoxy) is 1.